The molecule has 0 bridgehead atoms. The van der Waals surface area contributed by atoms with Gasteiger partial charge < -0.3 is 10.5 Å². The number of carbonyl (C=O) groups is 1. The highest BCUT2D eigenvalue weighted by molar-refractivity contribution is 9.10. The third-order valence-corrected chi connectivity index (χ3v) is 3.79. The molecular weight excluding hydrogens is 390 g/mol. The average Bonchev–Trinajstić information content (AvgIpc) is 2.58. The van der Waals surface area contributed by atoms with Crippen molar-refractivity contribution >= 4 is 33.6 Å². The van der Waals surface area contributed by atoms with Crippen LogP contribution in [0.15, 0.2) is 52.5 Å². The number of nitro benzene ring substituents is 1. The van der Waals surface area contributed by atoms with Gasteiger partial charge in [-0.1, -0.05) is 18.2 Å². The summed E-state index contributed by atoms with van der Waals surface area (Å²) in [7, 11) is 0. The highest BCUT2D eigenvalue weighted by Gasteiger charge is 2.08. The molecule has 2 aromatic carbocycles. The number of non-ortho nitro benzene ring substituents is 1. The van der Waals surface area contributed by atoms with Crippen LogP contribution in [0.4, 0.5) is 5.69 Å². The molecule has 25 heavy (non-hydrogen) atoms. The van der Waals surface area contributed by atoms with Gasteiger partial charge in [0.05, 0.1) is 9.40 Å². The number of amides is 1. The van der Waals surface area contributed by atoms with E-state index in [1.54, 1.807) is 36.4 Å². The molecule has 126 valence electrons. The van der Waals surface area contributed by atoms with Crippen LogP contribution in [0.3, 0.4) is 0 Å². The number of nitrogens with zero attached hydrogens (tertiary/aromatic N) is 2. The summed E-state index contributed by atoms with van der Waals surface area (Å²) in [5.41, 5.74) is 6.20. The fourth-order valence-electron chi connectivity index (χ4n) is 1.97. The molecule has 0 heterocycles. The Morgan fingerprint density at radius 2 is 2.12 bits per heavy atom. The highest BCUT2D eigenvalue weighted by Crippen LogP contribution is 2.28. The van der Waals surface area contributed by atoms with Gasteiger partial charge in [-0.25, -0.2) is 0 Å². The number of primary amides is 1. The number of hydrogen-bond donors (Lipinski definition) is 1. The number of ether oxygens (including phenoxy) is 1. The van der Waals surface area contributed by atoms with Crippen molar-refractivity contribution in [2.45, 2.75) is 6.61 Å². The molecule has 0 unspecified atom stereocenters. The summed E-state index contributed by atoms with van der Waals surface area (Å²) >= 11 is 3.35. The van der Waals surface area contributed by atoms with E-state index in [0.29, 0.717) is 21.3 Å². The minimum absolute atomic E-state index is 0.00358. The molecule has 0 aromatic heterocycles. The topological polar surface area (TPSA) is 119 Å². The quantitative estimate of drug-likeness (QED) is 0.344. The lowest BCUT2D eigenvalue weighted by molar-refractivity contribution is -0.384. The van der Waals surface area contributed by atoms with E-state index in [4.69, 9.17) is 15.7 Å². The molecule has 2 rings (SSSR count). The maximum atomic E-state index is 11.1. The molecule has 0 aliphatic carbocycles. The van der Waals surface area contributed by atoms with Gasteiger partial charge >= 0.3 is 0 Å². The summed E-state index contributed by atoms with van der Waals surface area (Å²) in [6, 6.07) is 12.9. The van der Waals surface area contributed by atoms with E-state index in [1.165, 1.54) is 18.2 Å². The van der Waals surface area contributed by atoms with Gasteiger partial charge in [0.25, 0.3) is 11.6 Å². The molecule has 0 saturated heterocycles. The van der Waals surface area contributed by atoms with E-state index in [0.717, 1.165) is 0 Å². The molecule has 0 aliphatic heterocycles. The number of nitriles is 1. The first-order valence-corrected chi connectivity index (χ1v) is 7.77. The number of nitrogens with two attached hydrogens (primary N) is 1. The van der Waals surface area contributed by atoms with Gasteiger partial charge in [-0.05, 0) is 45.3 Å². The van der Waals surface area contributed by atoms with Gasteiger partial charge in [-0.2, -0.15) is 5.26 Å². The van der Waals surface area contributed by atoms with Gasteiger partial charge in [0.2, 0.25) is 0 Å². The van der Waals surface area contributed by atoms with Crippen molar-refractivity contribution in [3.8, 4) is 11.8 Å². The Kier molecular flexibility index (Phi) is 5.87. The van der Waals surface area contributed by atoms with Crippen LogP contribution in [-0.2, 0) is 11.4 Å². The summed E-state index contributed by atoms with van der Waals surface area (Å²) in [5.74, 6) is -0.286. The first-order valence-electron chi connectivity index (χ1n) is 6.98. The molecular formula is C17H12BrN3O4. The van der Waals surface area contributed by atoms with E-state index < -0.39 is 10.8 Å². The molecule has 0 atom stereocenters. The lowest BCUT2D eigenvalue weighted by Crippen LogP contribution is -2.12. The molecule has 0 aliphatic rings. The minimum Gasteiger partial charge on any atom is -0.488 e. The van der Waals surface area contributed by atoms with Crippen molar-refractivity contribution in [2.75, 3.05) is 0 Å². The summed E-state index contributed by atoms with van der Waals surface area (Å²) in [6.45, 7) is 0.153. The van der Waals surface area contributed by atoms with E-state index in [-0.39, 0.29) is 17.9 Å². The second-order valence-corrected chi connectivity index (χ2v) is 5.79. The van der Waals surface area contributed by atoms with Crippen molar-refractivity contribution in [3.05, 3.63) is 73.8 Å². The third-order valence-electron chi connectivity index (χ3n) is 3.17. The Morgan fingerprint density at radius 3 is 2.72 bits per heavy atom. The van der Waals surface area contributed by atoms with E-state index in [2.05, 4.69) is 15.9 Å². The zero-order valence-corrected chi connectivity index (χ0v) is 14.4. The largest absolute Gasteiger partial charge is 0.488 e. The second-order valence-electron chi connectivity index (χ2n) is 4.94. The SMILES string of the molecule is N#C/C(=C\c1ccc(OCc2cccc([N+](=O)[O-])c2)c(Br)c1)C(N)=O. The normalized spacial score (nSPS) is 10.8. The molecule has 2 N–H and O–H groups in total. The predicted octanol–water partition coefficient (Wildman–Crippen LogP) is 3.33. The van der Waals surface area contributed by atoms with Crippen molar-refractivity contribution in [3.63, 3.8) is 0 Å². The number of nitro groups is 1. The molecule has 1 amide bonds. The standard InChI is InChI=1S/C17H12BrN3O4/c18-15-8-11(6-13(9-19)17(20)22)4-5-16(15)25-10-12-2-1-3-14(7-12)21(23)24/h1-8H,10H2,(H2,20,22)/b13-6+. The number of halogens is 1. The van der Waals surface area contributed by atoms with Gasteiger partial charge in [-0.15, -0.1) is 0 Å². The first kappa shape index (κ1) is 18.2. The average molecular weight is 402 g/mol. The van der Waals surface area contributed by atoms with E-state index in [1.807, 2.05) is 0 Å². The highest BCUT2D eigenvalue weighted by atomic mass is 79.9. The van der Waals surface area contributed by atoms with E-state index >= 15 is 0 Å². The van der Waals surface area contributed by atoms with Crippen molar-refractivity contribution in [1.82, 2.24) is 0 Å². The van der Waals surface area contributed by atoms with Gasteiger partial charge in [0.15, 0.2) is 0 Å². The Morgan fingerprint density at radius 1 is 1.36 bits per heavy atom. The zero-order valence-electron chi connectivity index (χ0n) is 12.8. The Labute approximate surface area is 151 Å². The molecule has 0 fully saturated rings. The lowest BCUT2D eigenvalue weighted by atomic mass is 10.1. The van der Waals surface area contributed by atoms with Crippen molar-refractivity contribution < 1.29 is 14.5 Å². The summed E-state index contributed by atoms with van der Waals surface area (Å²) < 4.78 is 6.25. The van der Waals surface area contributed by atoms with E-state index in [9.17, 15) is 14.9 Å². The maximum absolute atomic E-state index is 11.1. The molecule has 8 heteroatoms. The fraction of sp³-hybridized carbons (Fsp3) is 0.0588. The molecule has 7 nitrogen and oxygen atoms in total. The molecule has 2 aromatic rings. The lowest BCUT2D eigenvalue weighted by Gasteiger charge is -2.09. The van der Waals surface area contributed by atoms with Gasteiger partial charge in [0.1, 0.15) is 24.0 Å². The van der Waals surface area contributed by atoms with Crippen molar-refractivity contribution in [2.24, 2.45) is 5.73 Å². The Bertz CT molecular complexity index is 903. The maximum Gasteiger partial charge on any atom is 0.269 e. The summed E-state index contributed by atoms with van der Waals surface area (Å²) in [4.78, 5) is 21.4. The van der Waals surface area contributed by atoms with Gasteiger partial charge in [-0.3, -0.25) is 14.9 Å². The first-order chi connectivity index (χ1) is 11.9. The Hall–Kier alpha value is -3.18. The molecule has 0 spiro atoms. The number of carbonyl (C=O) groups excluding carboxylic acids is 1. The number of hydrogen-bond acceptors (Lipinski definition) is 5. The van der Waals surface area contributed by atoms with Crippen LogP contribution in [0.2, 0.25) is 0 Å². The second kappa shape index (κ2) is 8.08. The third kappa shape index (κ3) is 4.89. The number of benzene rings is 2. The monoisotopic (exact) mass is 401 g/mol. The summed E-state index contributed by atoms with van der Waals surface area (Å²) in [5, 5.41) is 19.6. The van der Waals surface area contributed by atoms with Crippen LogP contribution in [-0.4, -0.2) is 10.8 Å². The minimum atomic E-state index is -0.801. The molecule has 0 saturated carbocycles. The van der Waals surface area contributed by atoms with Crippen LogP contribution in [0.1, 0.15) is 11.1 Å². The van der Waals surface area contributed by atoms with Crippen LogP contribution < -0.4 is 10.5 Å². The van der Waals surface area contributed by atoms with Crippen LogP contribution in [0.5, 0.6) is 5.75 Å². The summed E-state index contributed by atoms with van der Waals surface area (Å²) in [6.07, 6.45) is 1.37. The predicted molar refractivity (Wildman–Crippen MR) is 94.4 cm³/mol. The fourth-order valence-corrected chi connectivity index (χ4v) is 2.48. The smallest absolute Gasteiger partial charge is 0.269 e. The van der Waals surface area contributed by atoms with Crippen LogP contribution in [0, 0.1) is 21.4 Å². The Balaban J connectivity index is 2.14. The van der Waals surface area contributed by atoms with Gasteiger partial charge in [0, 0.05) is 12.1 Å². The van der Waals surface area contributed by atoms with Crippen LogP contribution >= 0.6 is 15.9 Å². The zero-order chi connectivity index (χ0) is 18.4. The number of rotatable bonds is 6. The van der Waals surface area contributed by atoms with Crippen molar-refractivity contribution in [1.29, 1.82) is 5.26 Å². The van der Waals surface area contributed by atoms with Crippen LogP contribution in [0.25, 0.3) is 6.08 Å². The molecule has 0 radical (unpaired) electrons.